The van der Waals surface area contributed by atoms with Gasteiger partial charge in [0.05, 0.1) is 48.0 Å². The van der Waals surface area contributed by atoms with Crippen molar-refractivity contribution < 1.29 is 27.9 Å². The Hall–Kier alpha value is -4.76. The van der Waals surface area contributed by atoms with Crippen LogP contribution in [-0.4, -0.2) is 79.9 Å². The van der Waals surface area contributed by atoms with Gasteiger partial charge in [0, 0.05) is 32.2 Å². The number of amides is 2. The number of nitrogens with one attached hydrogen (secondary N) is 4. The molecule has 3 rings (SSSR count). The standard InChI is InChI=1S/C28H35ClN8O6S/c1-7-25(38)31-21-14-22(24(43-5)15-23(21)36(4)12-13-37(17(2)3)28(39)40)33-27-30-16-18(29)26(34-27)32-19-10-8-9-11-20(19)35-44(6,41)42/h7-11,14-17,35H,1,12-13H2,2-6H3,(H,31,38)(H,39,40)(H2,30,32,33,34). The quantitative estimate of drug-likeness (QED) is 0.150. The van der Waals surface area contributed by atoms with Crippen molar-refractivity contribution in [2.24, 2.45) is 0 Å². The lowest BCUT2D eigenvalue weighted by atomic mass is 10.2. The third-order valence-electron chi connectivity index (χ3n) is 6.18. The Morgan fingerprint density at radius 1 is 1.11 bits per heavy atom. The van der Waals surface area contributed by atoms with Gasteiger partial charge in [-0.15, -0.1) is 0 Å². The predicted octanol–water partition coefficient (Wildman–Crippen LogP) is 4.95. The fraction of sp³-hybridized carbons (Fsp3) is 0.286. The first-order valence-electron chi connectivity index (χ1n) is 13.2. The first kappa shape index (κ1) is 33.7. The smallest absolute Gasteiger partial charge is 0.407 e. The number of anilines is 7. The highest BCUT2D eigenvalue weighted by Crippen LogP contribution is 2.38. The first-order valence-corrected chi connectivity index (χ1v) is 15.5. The number of rotatable bonds is 14. The van der Waals surface area contributed by atoms with Gasteiger partial charge in [-0.1, -0.05) is 30.3 Å². The Balaban J connectivity index is 1.96. The number of nitrogens with zero attached hydrogens (tertiary/aromatic N) is 4. The molecule has 0 saturated carbocycles. The van der Waals surface area contributed by atoms with Gasteiger partial charge in [0.1, 0.15) is 10.8 Å². The van der Waals surface area contributed by atoms with Crippen LogP contribution in [0.1, 0.15) is 13.8 Å². The van der Waals surface area contributed by atoms with Crippen molar-refractivity contribution in [2.75, 3.05) is 59.1 Å². The van der Waals surface area contributed by atoms with E-state index in [1.807, 2.05) is 0 Å². The molecule has 0 fully saturated rings. The second-order valence-electron chi connectivity index (χ2n) is 9.81. The highest BCUT2D eigenvalue weighted by Gasteiger charge is 2.20. The maximum atomic E-state index is 12.3. The fourth-order valence-corrected chi connectivity index (χ4v) is 4.75. The molecule has 5 N–H and O–H groups in total. The molecular formula is C28H35ClN8O6S. The highest BCUT2D eigenvalue weighted by atomic mass is 35.5. The predicted molar refractivity (Wildman–Crippen MR) is 173 cm³/mol. The van der Waals surface area contributed by atoms with E-state index in [9.17, 15) is 23.1 Å². The molecule has 1 heterocycles. The Kier molecular flexibility index (Phi) is 11.2. The fourth-order valence-electron chi connectivity index (χ4n) is 4.03. The van der Waals surface area contributed by atoms with Crippen LogP contribution < -0.4 is 30.3 Å². The van der Waals surface area contributed by atoms with Crippen molar-refractivity contribution >= 4 is 73.8 Å². The number of ether oxygens (including phenoxy) is 1. The summed E-state index contributed by atoms with van der Waals surface area (Å²) in [5, 5.41) is 18.6. The Morgan fingerprint density at radius 3 is 2.39 bits per heavy atom. The molecule has 44 heavy (non-hydrogen) atoms. The van der Waals surface area contributed by atoms with E-state index in [-0.39, 0.29) is 29.4 Å². The molecule has 0 radical (unpaired) electrons. The van der Waals surface area contributed by atoms with Crippen LogP contribution in [0.4, 0.5) is 45.0 Å². The van der Waals surface area contributed by atoms with Crippen LogP contribution in [0.15, 0.2) is 55.3 Å². The molecule has 0 bridgehead atoms. The SMILES string of the molecule is C=CC(=O)Nc1cc(Nc2ncc(Cl)c(Nc3ccccc3NS(C)(=O)=O)n2)c(OC)cc1N(C)CCN(C(=O)O)C(C)C. The number of sulfonamides is 1. The van der Waals surface area contributed by atoms with E-state index in [1.165, 1.54) is 18.2 Å². The van der Waals surface area contributed by atoms with Gasteiger partial charge >= 0.3 is 6.09 Å². The summed E-state index contributed by atoms with van der Waals surface area (Å²) >= 11 is 6.36. The molecule has 0 saturated heterocycles. The largest absolute Gasteiger partial charge is 0.494 e. The first-order chi connectivity index (χ1) is 20.7. The molecule has 0 unspecified atom stereocenters. The number of carbonyl (C=O) groups excluding carboxylic acids is 1. The number of para-hydroxylation sites is 2. The molecule has 2 aromatic carbocycles. The van der Waals surface area contributed by atoms with E-state index in [0.29, 0.717) is 40.7 Å². The molecule has 16 heteroatoms. The van der Waals surface area contributed by atoms with Crippen LogP contribution in [-0.2, 0) is 14.8 Å². The van der Waals surface area contributed by atoms with E-state index in [2.05, 4.69) is 37.2 Å². The Bertz CT molecular complexity index is 1640. The molecule has 0 atom stereocenters. The van der Waals surface area contributed by atoms with Crippen LogP contribution in [0.25, 0.3) is 0 Å². The average molecular weight is 647 g/mol. The molecular weight excluding hydrogens is 612 g/mol. The van der Waals surface area contributed by atoms with Crippen molar-refractivity contribution in [3.63, 3.8) is 0 Å². The van der Waals surface area contributed by atoms with Gasteiger partial charge in [0.25, 0.3) is 0 Å². The topological polar surface area (TPSA) is 178 Å². The molecule has 3 aromatic rings. The van der Waals surface area contributed by atoms with Crippen molar-refractivity contribution in [3.05, 3.63) is 60.3 Å². The lowest BCUT2D eigenvalue weighted by Crippen LogP contribution is -2.41. The average Bonchev–Trinajstić information content (AvgIpc) is 2.94. The zero-order valence-corrected chi connectivity index (χ0v) is 26.5. The zero-order valence-electron chi connectivity index (χ0n) is 24.9. The molecule has 236 valence electrons. The molecule has 1 aromatic heterocycles. The zero-order chi connectivity index (χ0) is 32.6. The van der Waals surface area contributed by atoms with Gasteiger partial charge in [0.2, 0.25) is 21.9 Å². The number of methoxy groups -OCH3 is 1. The number of benzene rings is 2. The number of hydrogen-bond donors (Lipinski definition) is 5. The van der Waals surface area contributed by atoms with Crippen LogP contribution in [0.2, 0.25) is 5.02 Å². The van der Waals surface area contributed by atoms with Gasteiger partial charge in [-0.25, -0.2) is 18.2 Å². The number of carbonyl (C=O) groups is 2. The third kappa shape index (κ3) is 9.12. The monoisotopic (exact) mass is 646 g/mol. The summed E-state index contributed by atoms with van der Waals surface area (Å²) in [5.41, 5.74) is 2.04. The summed E-state index contributed by atoms with van der Waals surface area (Å²) in [6.45, 7) is 7.64. The normalized spacial score (nSPS) is 11.0. The molecule has 2 amide bonds. The summed E-state index contributed by atoms with van der Waals surface area (Å²) in [5.74, 6) is 0.217. The van der Waals surface area contributed by atoms with Gasteiger partial charge in [0.15, 0.2) is 5.82 Å². The van der Waals surface area contributed by atoms with Gasteiger partial charge in [-0.2, -0.15) is 4.98 Å². The van der Waals surface area contributed by atoms with Crippen molar-refractivity contribution in [3.8, 4) is 5.75 Å². The minimum absolute atomic E-state index is 0.111. The van der Waals surface area contributed by atoms with E-state index in [0.717, 1.165) is 12.3 Å². The minimum Gasteiger partial charge on any atom is -0.494 e. The number of halogens is 1. The van der Waals surface area contributed by atoms with Gasteiger partial charge in [-0.05, 0) is 38.1 Å². The van der Waals surface area contributed by atoms with E-state index >= 15 is 0 Å². The Labute approximate surface area is 261 Å². The second kappa shape index (κ2) is 14.6. The number of aromatic nitrogens is 2. The van der Waals surface area contributed by atoms with Crippen molar-refractivity contribution in [1.82, 2.24) is 14.9 Å². The Morgan fingerprint density at radius 2 is 1.80 bits per heavy atom. The lowest BCUT2D eigenvalue weighted by Gasteiger charge is -2.29. The van der Waals surface area contributed by atoms with Crippen LogP contribution in [0.5, 0.6) is 5.75 Å². The van der Waals surface area contributed by atoms with Crippen molar-refractivity contribution in [1.29, 1.82) is 0 Å². The summed E-state index contributed by atoms with van der Waals surface area (Å²) < 4.78 is 31.7. The van der Waals surface area contributed by atoms with E-state index in [1.54, 1.807) is 62.2 Å². The summed E-state index contributed by atoms with van der Waals surface area (Å²) in [4.78, 5) is 35.8. The number of hydrogen-bond acceptors (Lipinski definition) is 10. The number of carboxylic acid groups (broad SMARTS) is 1. The van der Waals surface area contributed by atoms with Gasteiger partial charge in [-0.3, -0.25) is 9.52 Å². The van der Waals surface area contributed by atoms with Crippen LogP contribution >= 0.6 is 11.6 Å². The summed E-state index contributed by atoms with van der Waals surface area (Å²) in [6.07, 6.45) is 2.51. The van der Waals surface area contributed by atoms with Crippen molar-refractivity contribution in [2.45, 2.75) is 19.9 Å². The van der Waals surface area contributed by atoms with E-state index in [4.69, 9.17) is 16.3 Å². The lowest BCUT2D eigenvalue weighted by molar-refractivity contribution is -0.111. The molecule has 0 aliphatic rings. The summed E-state index contributed by atoms with van der Waals surface area (Å²) in [6, 6.07) is 9.73. The van der Waals surface area contributed by atoms with E-state index < -0.39 is 22.0 Å². The third-order valence-corrected chi connectivity index (χ3v) is 7.05. The highest BCUT2D eigenvalue weighted by molar-refractivity contribution is 7.92. The second-order valence-corrected chi connectivity index (χ2v) is 12.0. The van der Waals surface area contributed by atoms with Gasteiger partial charge < -0.3 is 35.6 Å². The number of likely N-dealkylation sites (N-methyl/N-ethyl adjacent to an activating group) is 1. The maximum absolute atomic E-state index is 12.3. The molecule has 0 spiro atoms. The molecule has 14 nitrogen and oxygen atoms in total. The van der Waals surface area contributed by atoms with Crippen LogP contribution in [0.3, 0.4) is 0 Å². The molecule has 0 aliphatic heterocycles. The maximum Gasteiger partial charge on any atom is 0.407 e. The summed E-state index contributed by atoms with van der Waals surface area (Å²) in [7, 11) is -0.312. The van der Waals surface area contributed by atoms with Crippen LogP contribution in [0, 0.1) is 0 Å². The molecule has 0 aliphatic carbocycles. The minimum atomic E-state index is -3.55.